The highest BCUT2D eigenvalue weighted by Gasteiger charge is 2.36. The van der Waals surface area contributed by atoms with Gasteiger partial charge in [-0.3, -0.25) is 9.69 Å². The fraction of sp³-hybridized carbons (Fsp3) is 0.391. The van der Waals surface area contributed by atoms with Crippen LogP contribution in [0, 0.1) is 0 Å². The monoisotopic (exact) mass is 446 g/mol. The Bertz CT molecular complexity index is 1010. The lowest BCUT2D eigenvalue weighted by atomic mass is 10.1. The maximum atomic E-state index is 13.0. The predicted molar refractivity (Wildman–Crippen MR) is 120 cm³/mol. The second-order valence-electron chi connectivity index (χ2n) is 8.39. The molecule has 1 amide bonds. The molecule has 0 heterocycles. The molecule has 0 bridgehead atoms. The van der Waals surface area contributed by atoms with Crippen LogP contribution >= 0.6 is 0 Å². The van der Waals surface area contributed by atoms with Crippen molar-refractivity contribution in [3.8, 4) is 0 Å². The number of nitrogens with two attached hydrogens (primary N) is 1. The number of Topliss-reactive ketones (excluding diaryl/α,β-unsaturated/α-hetero) is 1. The molecule has 2 aromatic carbocycles. The third kappa shape index (κ3) is 7.48. The third-order valence-corrected chi connectivity index (χ3v) is 5.66. The number of carbonyl (C=O) groups excluding carboxylic acids is 2. The smallest absolute Gasteiger partial charge is 0.411 e. The highest BCUT2D eigenvalue weighted by molar-refractivity contribution is 7.89. The lowest BCUT2D eigenvalue weighted by molar-refractivity contribution is 0.0216. The van der Waals surface area contributed by atoms with Crippen LogP contribution in [0.4, 0.5) is 4.79 Å². The van der Waals surface area contributed by atoms with Crippen LogP contribution in [0.1, 0.15) is 61.0 Å². The maximum Gasteiger partial charge on any atom is 0.411 e. The van der Waals surface area contributed by atoms with E-state index in [1.54, 1.807) is 32.9 Å². The summed E-state index contributed by atoms with van der Waals surface area (Å²) in [4.78, 5) is 25.9. The first kappa shape index (κ1) is 24.6. The lowest BCUT2D eigenvalue weighted by Crippen LogP contribution is -2.44. The molecule has 0 saturated heterocycles. The van der Waals surface area contributed by atoms with E-state index in [1.165, 1.54) is 19.1 Å². The van der Waals surface area contributed by atoms with Gasteiger partial charge >= 0.3 is 6.09 Å². The van der Waals surface area contributed by atoms with Gasteiger partial charge in [0.15, 0.2) is 11.2 Å². The Morgan fingerprint density at radius 2 is 1.71 bits per heavy atom. The number of ether oxygens (including phenoxy) is 1. The molecule has 168 valence electrons. The quantitative estimate of drug-likeness (QED) is 0.616. The molecule has 2 rings (SSSR count). The summed E-state index contributed by atoms with van der Waals surface area (Å²) in [6.45, 7) is 6.60. The summed E-state index contributed by atoms with van der Waals surface area (Å²) >= 11 is 0. The minimum atomic E-state index is -4.24. The van der Waals surface area contributed by atoms with Crippen molar-refractivity contribution in [1.29, 1.82) is 0 Å². The van der Waals surface area contributed by atoms with Crippen molar-refractivity contribution >= 4 is 21.9 Å². The van der Waals surface area contributed by atoms with Crippen LogP contribution in [0.2, 0.25) is 0 Å². The summed E-state index contributed by atoms with van der Waals surface area (Å²) in [6.07, 6.45) is 0.361. The molecule has 31 heavy (non-hydrogen) atoms. The summed E-state index contributed by atoms with van der Waals surface area (Å²) in [5, 5.41) is 4.09. The van der Waals surface area contributed by atoms with Crippen molar-refractivity contribution in [1.82, 2.24) is 4.90 Å². The zero-order valence-electron chi connectivity index (χ0n) is 18.4. The van der Waals surface area contributed by atoms with Crippen LogP contribution in [-0.2, 0) is 21.2 Å². The van der Waals surface area contributed by atoms with E-state index in [4.69, 9.17) is 9.88 Å². The predicted octanol–water partition coefficient (Wildman–Crippen LogP) is 4.05. The number of hydrogen-bond acceptors (Lipinski definition) is 5. The topological polar surface area (TPSA) is 107 Å². The molecule has 0 saturated carbocycles. The van der Waals surface area contributed by atoms with Crippen LogP contribution in [-0.4, -0.2) is 37.3 Å². The molecule has 0 fully saturated rings. The van der Waals surface area contributed by atoms with Crippen molar-refractivity contribution < 1.29 is 22.7 Å². The molecule has 0 aliphatic carbocycles. The third-order valence-electron chi connectivity index (χ3n) is 4.51. The molecule has 7 nitrogen and oxygen atoms in total. The van der Waals surface area contributed by atoms with Crippen molar-refractivity contribution in [3.63, 3.8) is 0 Å². The summed E-state index contributed by atoms with van der Waals surface area (Å²) in [6, 6.07) is 15.8. The number of ketones is 1. The molecular formula is C23H30N2O5S. The van der Waals surface area contributed by atoms with E-state index in [-0.39, 0.29) is 17.9 Å². The van der Waals surface area contributed by atoms with Gasteiger partial charge in [0.2, 0.25) is 10.0 Å². The number of rotatable bonds is 8. The van der Waals surface area contributed by atoms with E-state index in [1.807, 2.05) is 30.3 Å². The van der Waals surface area contributed by atoms with E-state index in [2.05, 4.69) is 0 Å². The van der Waals surface area contributed by atoms with Crippen LogP contribution in [0.5, 0.6) is 0 Å². The summed E-state index contributed by atoms with van der Waals surface area (Å²) in [5.41, 5.74) is 0.816. The van der Waals surface area contributed by atoms with Crippen molar-refractivity contribution in [2.24, 2.45) is 5.14 Å². The largest absolute Gasteiger partial charge is 0.444 e. The fourth-order valence-corrected chi connectivity index (χ4v) is 4.25. The van der Waals surface area contributed by atoms with Gasteiger partial charge in [-0.15, -0.1) is 0 Å². The molecule has 0 aliphatic rings. The zero-order chi connectivity index (χ0) is 23.2. The van der Waals surface area contributed by atoms with Gasteiger partial charge in [0, 0.05) is 12.1 Å². The normalized spacial score (nSPS) is 12.8. The Morgan fingerprint density at radius 1 is 1.06 bits per heavy atom. The molecule has 0 aromatic heterocycles. The Balaban J connectivity index is 2.41. The van der Waals surface area contributed by atoms with Gasteiger partial charge in [0.05, 0.1) is 0 Å². The number of amides is 1. The molecule has 0 radical (unpaired) electrons. The molecule has 1 unspecified atom stereocenters. The molecule has 0 aliphatic heterocycles. The molecule has 8 heteroatoms. The Kier molecular flexibility index (Phi) is 7.97. The van der Waals surface area contributed by atoms with E-state index < -0.39 is 27.1 Å². The van der Waals surface area contributed by atoms with Gasteiger partial charge in [-0.2, -0.15) is 0 Å². The second-order valence-corrected chi connectivity index (χ2v) is 10.0. The molecule has 2 N–H and O–H groups in total. The van der Waals surface area contributed by atoms with Crippen molar-refractivity contribution in [3.05, 3.63) is 71.3 Å². The second kappa shape index (κ2) is 10.1. The van der Waals surface area contributed by atoms with Crippen LogP contribution in [0.3, 0.4) is 0 Å². The summed E-state index contributed by atoms with van der Waals surface area (Å²) < 4.78 is 30.7. The lowest BCUT2D eigenvalue weighted by Gasteiger charge is -2.32. The van der Waals surface area contributed by atoms with E-state index >= 15 is 0 Å². The number of benzene rings is 2. The molecule has 2 aromatic rings. The van der Waals surface area contributed by atoms with Crippen molar-refractivity contribution in [2.45, 2.75) is 51.5 Å². The van der Waals surface area contributed by atoms with E-state index in [9.17, 15) is 18.0 Å². The average Bonchev–Trinajstić information content (AvgIpc) is 2.65. The molecule has 0 spiro atoms. The summed E-state index contributed by atoms with van der Waals surface area (Å²) in [7, 11) is -4.24. The fourth-order valence-electron chi connectivity index (χ4n) is 3.18. The SMILES string of the molecule is CC(=O)c1cccc(C(N(CCCc2ccccc2)C(=O)OC(C)(C)C)S(N)(=O)=O)c1. The number of sulfonamides is 1. The van der Waals surface area contributed by atoms with Crippen LogP contribution < -0.4 is 5.14 Å². The number of primary sulfonamides is 1. The summed E-state index contributed by atoms with van der Waals surface area (Å²) in [5.74, 6) is -0.220. The zero-order valence-corrected chi connectivity index (χ0v) is 19.2. The average molecular weight is 447 g/mol. The minimum Gasteiger partial charge on any atom is -0.444 e. The first-order valence-electron chi connectivity index (χ1n) is 10.0. The first-order chi connectivity index (χ1) is 14.4. The maximum absolute atomic E-state index is 13.0. The highest BCUT2D eigenvalue weighted by atomic mass is 32.2. The van der Waals surface area contributed by atoms with Gasteiger partial charge < -0.3 is 4.74 Å². The minimum absolute atomic E-state index is 0.106. The van der Waals surface area contributed by atoms with Gasteiger partial charge in [-0.1, -0.05) is 48.5 Å². The Labute approximate surface area is 184 Å². The Hall–Kier alpha value is -2.71. The molecule has 1 atom stereocenters. The van der Waals surface area contributed by atoms with Crippen LogP contribution in [0.15, 0.2) is 54.6 Å². The Morgan fingerprint density at radius 3 is 2.26 bits per heavy atom. The standard InChI is InChI=1S/C23H30N2O5S/c1-17(26)19-13-8-14-20(16-19)21(31(24,28)29)25(22(27)30-23(2,3)4)15-9-12-18-10-6-5-7-11-18/h5-8,10-11,13-14,16,21H,9,12,15H2,1-4H3,(H2,24,28,29). The van der Waals surface area contributed by atoms with Gasteiger partial charge in [0.25, 0.3) is 0 Å². The first-order valence-corrected chi connectivity index (χ1v) is 11.7. The van der Waals surface area contributed by atoms with Gasteiger partial charge in [-0.25, -0.2) is 18.4 Å². The number of hydrogen-bond donors (Lipinski definition) is 1. The van der Waals surface area contributed by atoms with Gasteiger partial charge in [-0.05, 0) is 57.7 Å². The van der Waals surface area contributed by atoms with Crippen LogP contribution in [0.25, 0.3) is 0 Å². The highest BCUT2D eigenvalue weighted by Crippen LogP contribution is 2.28. The van der Waals surface area contributed by atoms with E-state index in [0.29, 0.717) is 18.4 Å². The van der Waals surface area contributed by atoms with Crippen molar-refractivity contribution in [2.75, 3.05) is 6.54 Å². The van der Waals surface area contributed by atoms with Gasteiger partial charge in [0.1, 0.15) is 5.60 Å². The number of aryl methyl sites for hydroxylation is 1. The number of carbonyl (C=O) groups is 2. The number of nitrogens with zero attached hydrogens (tertiary/aromatic N) is 1. The molecular weight excluding hydrogens is 416 g/mol. The van der Waals surface area contributed by atoms with E-state index in [0.717, 1.165) is 10.5 Å².